The minimum atomic E-state index is -0.765. The van der Waals surface area contributed by atoms with Gasteiger partial charge in [0.05, 0.1) is 0 Å². The Morgan fingerprint density at radius 2 is 0.423 bits per heavy atom. The molecule has 462 valence electrons. The summed E-state index contributed by atoms with van der Waals surface area (Å²) in [4.78, 5) is 38.4. The zero-order chi connectivity index (χ0) is 56.4. The van der Waals surface area contributed by atoms with E-state index in [1.165, 1.54) is 315 Å². The van der Waals surface area contributed by atoms with Crippen LogP contribution in [-0.4, -0.2) is 37.2 Å². The molecule has 6 heteroatoms. The summed E-state index contributed by atoms with van der Waals surface area (Å²) in [7, 11) is 0. The third kappa shape index (κ3) is 65.0. The average molecular weight is 1100 g/mol. The van der Waals surface area contributed by atoms with Crippen molar-refractivity contribution in [3.05, 3.63) is 12.2 Å². The van der Waals surface area contributed by atoms with Crippen LogP contribution in [0.25, 0.3) is 0 Å². The van der Waals surface area contributed by atoms with E-state index in [9.17, 15) is 14.4 Å². The van der Waals surface area contributed by atoms with Gasteiger partial charge < -0.3 is 14.2 Å². The van der Waals surface area contributed by atoms with Crippen molar-refractivity contribution >= 4 is 17.9 Å². The van der Waals surface area contributed by atoms with Crippen molar-refractivity contribution in [2.75, 3.05) is 13.2 Å². The second-order valence-corrected chi connectivity index (χ2v) is 24.5. The van der Waals surface area contributed by atoms with Crippen molar-refractivity contribution < 1.29 is 28.6 Å². The van der Waals surface area contributed by atoms with Gasteiger partial charge >= 0.3 is 17.9 Å². The van der Waals surface area contributed by atoms with Gasteiger partial charge in [0, 0.05) is 19.3 Å². The highest BCUT2D eigenvalue weighted by atomic mass is 16.6. The molecule has 0 aliphatic rings. The number of unbranched alkanes of at least 4 members (excludes halogenated alkanes) is 54. The Balaban J connectivity index is 4.16. The monoisotopic (exact) mass is 1100 g/mol. The fraction of sp³-hybridized carbons (Fsp3) is 0.931. The van der Waals surface area contributed by atoms with Crippen LogP contribution >= 0.6 is 0 Å². The number of carbonyl (C=O) groups excluding carboxylic acids is 3. The molecule has 6 nitrogen and oxygen atoms in total. The lowest BCUT2D eigenvalue weighted by atomic mass is 10.0. The van der Waals surface area contributed by atoms with Crippen LogP contribution < -0.4 is 0 Å². The molecule has 0 rings (SSSR count). The molecule has 0 bridgehead atoms. The molecule has 1 unspecified atom stereocenters. The molecule has 0 aromatic carbocycles. The molecule has 0 saturated heterocycles. The first kappa shape index (κ1) is 76.1. The van der Waals surface area contributed by atoms with E-state index in [1.54, 1.807) is 0 Å². The molecule has 0 N–H and O–H groups in total. The van der Waals surface area contributed by atoms with Gasteiger partial charge in [-0.3, -0.25) is 14.4 Å². The third-order valence-electron chi connectivity index (χ3n) is 16.5. The summed E-state index contributed by atoms with van der Waals surface area (Å²) in [6.45, 7) is 6.73. The fourth-order valence-corrected chi connectivity index (χ4v) is 11.2. The van der Waals surface area contributed by atoms with Gasteiger partial charge in [0.25, 0.3) is 0 Å². The summed E-state index contributed by atoms with van der Waals surface area (Å²) in [6.07, 6.45) is 81.0. The third-order valence-corrected chi connectivity index (χ3v) is 16.5. The predicted octanol–water partition coefficient (Wildman–Crippen LogP) is 24.4. The molecular weight excluding hydrogens is 961 g/mol. The lowest BCUT2D eigenvalue weighted by molar-refractivity contribution is -0.167. The van der Waals surface area contributed by atoms with Crippen molar-refractivity contribution in [3.8, 4) is 0 Å². The van der Waals surface area contributed by atoms with E-state index in [-0.39, 0.29) is 31.1 Å². The maximum atomic E-state index is 12.9. The molecule has 0 aliphatic carbocycles. The van der Waals surface area contributed by atoms with E-state index in [2.05, 4.69) is 32.9 Å². The molecule has 0 aromatic rings. The van der Waals surface area contributed by atoms with E-state index in [1.807, 2.05) is 0 Å². The molecule has 0 amide bonds. The number of carbonyl (C=O) groups is 3. The van der Waals surface area contributed by atoms with Gasteiger partial charge in [0.2, 0.25) is 0 Å². The van der Waals surface area contributed by atoms with Crippen LogP contribution in [0.5, 0.6) is 0 Å². The SMILES string of the molecule is CCCCCCCCCC/C=C\CCCCCCCCCCCCCCCCCCCC(=O)OCC(COC(=O)CCCCCCCCCCCCCCCCC)OC(=O)CCCCCCCCCCCCCCCCCC. The van der Waals surface area contributed by atoms with Gasteiger partial charge in [-0.05, 0) is 44.9 Å². The number of rotatable bonds is 67. The van der Waals surface area contributed by atoms with Gasteiger partial charge in [-0.1, -0.05) is 360 Å². The molecule has 0 radical (unpaired) electrons. The largest absolute Gasteiger partial charge is 0.462 e. The minimum Gasteiger partial charge on any atom is -0.462 e. The Bertz CT molecular complexity index is 1210. The zero-order valence-corrected chi connectivity index (χ0v) is 53.2. The first-order chi connectivity index (χ1) is 38.5. The van der Waals surface area contributed by atoms with Crippen LogP contribution in [-0.2, 0) is 28.6 Å². The van der Waals surface area contributed by atoms with Gasteiger partial charge in [-0.2, -0.15) is 0 Å². The Kier molecular flexibility index (Phi) is 66.0. The van der Waals surface area contributed by atoms with E-state index >= 15 is 0 Å². The molecule has 0 saturated carbocycles. The summed E-state index contributed by atoms with van der Waals surface area (Å²) in [5.41, 5.74) is 0. The van der Waals surface area contributed by atoms with Gasteiger partial charge in [-0.25, -0.2) is 0 Å². The maximum Gasteiger partial charge on any atom is 0.306 e. The first-order valence-corrected chi connectivity index (χ1v) is 35.7. The maximum absolute atomic E-state index is 12.9. The Hall–Kier alpha value is -1.85. The van der Waals surface area contributed by atoms with Crippen LogP contribution in [0.2, 0.25) is 0 Å². The number of esters is 3. The molecule has 78 heavy (non-hydrogen) atoms. The summed E-state index contributed by atoms with van der Waals surface area (Å²) in [5.74, 6) is -0.825. The van der Waals surface area contributed by atoms with E-state index < -0.39 is 6.10 Å². The summed E-state index contributed by atoms with van der Waals surface area (Å²) in [6, 6.07) is 0. The Morgan fingerprint density at radius 3 is 0.641 bits per heavy atom. The highest BCUT2D eigenvalue weighted by molar-refractivity contribution is 5.71. The van der Waals surface area contributed by atoms with Crippen LogP contribution in [0.4, 0.5) is 0 Å². The molecule has 0 spiro atoms. The molecular formula is C72H138O6. The highest BCUT2D eigenvalue weighted by Gasteiger charge is 2.19. The van der Waals surface area contributed by atoms with Crippen molar-refractivity contribution in [2.24, 2.45) is 0 Å². The highest BCUT2D eigenvalue weighted by Crippen LogP contribution is 2.19. The van der Waals surface area contributed by atoms with Crippen molar-refractivity contribution in [1.29, 1.82) is 0 Å². The molecule has 0 fully saturated rings. The Morgan fingerprint density at radius 1 is 0.244 bits per heavy atom. The molecule has 0 heterocycles. The van der Waals surface area contributed by atoms with Crippen LogP contribution in [0.3, 0.4) is 0 Å². The van der Waals surface area contributed by atoms with E-state index in [4.69, 9.17) is 14.2 Å². The Labute approximate surface area is 488 Å². The summed E-state index contributed by atoms with van der Waals surface area (Å²) in [5, 5.41) is 0. The minimum absolute atomic E-state index is 0.0619. The second-order valence-electron chi connectivity index (χ2n) is 24.5. The van der Waals surface area contributed by atoms with Gasteiger partial charge in [-0.15, -0.1) is 0 Å². The van der Waals surface area contributed by atoms with Crippen molar-refractivity contribution in [1.82, 2.24) is 0 Å². The molecule has 1 atom stereocenters. The molecule has 0 aliphatic heterocycles. The van der Waals surface area contributed by atoms with Crippen molar-refractivity contribution in [2.45, 2.75) is 419 Å². The predicted molar refractivity (Wildman–Crippen MR) is 340 cm³/mol. The number of hydrogen-bond acceptors (Lipinski definition) is 6. The lowest BCUT2D eigenvalue weighted by Gasteiger charge is -2.18. The summed E-state index contributed by atoms with van der Waals surface area (Å²) >= 11 is 0. The zero-order valence-electron chi connectivity index (χ0n) is 53.2. The lowest BCUT2D eigenvalue weighted by Crippen LogP contribution is -2.30. The molecule has 0 aromatic heterocycles. The summed E-state index contributed by atoms with van der Waals surface area (Å²) < 4.78 is 17.0. The van der Waals surface area contributed by atoms with Gasteiger partial charge in [0.15, 0.2) is 6.10 Å². The first-order valence-electron chi connectivity index (χ1n) is 35.7. The van der Waals surface area contributed by atoms with E-state index in [0.717, 1.165) is 57.8 Å². The standard InChI is InChI=1S/C72H138O6/c1-4-7-10-13-16-19-22-25-28-30-31-32-33-34-35-36-37-38-39-40-41-42-45-47-50-53-56-59-62-65-71(74)77-68-69(67-76-70(73)64-61-58-55-52-49-46-43-27-24-21-18-15-12-9-6-3)78-72(75)66-63-60-57-54-51-48-44-29-26-23-20-17-14-11-8-5-2/h30-31,69H,4-29,32-68H2,1-3H3/b31-30-. The second kappa shape index (κ2) is 67.7. The van der Waals surface area contributed by atoms with Gasteiger partial charge in [0.1, 0.15) is 13.2 Å². The average Bonchev–Trinajstić information content (AvgIpc) is 3.44. The number of allylic oxidation sites excluding steroid dienone is 2. The normalized spacial score (nSPS) is 12.0. The number of ether oxygens (including phenoxy) is 3. The topological polar surface area (TPSA) is 78.9 Å². The smallest absolute Gasteiger partial charge is 0.306 e. The van der Waals surface area contributed by atoms with Crippen molar-refractivity contribution in [3.63, 3.8) is 0 Å². The van der Waals surface area contributed by atoms with Crippen LogP contribution in [0.15, 0.2) is 12.2 Å². The fourth-order valence-electron chi connectivity index (χ4n) is 11.2. The number of hydrogen-bond donors (Lipinski definition) is 0. The van der Waals surface area contributed by atoms with Crippen LogP contribution in [0, 0.1) is 0 Å². The van der Waals surface area contributed by atoms with E-state index in [0.29, 0.717) is 19.3 Å². The van der Waals surface area contributed by atoms with Crippen LogP contribution in [0.1, 0.15) is 412 Å². The quantitative estimate of drug-likeness (QED) is 0.0261.